The molecular formula is C12H13N3OS. The lowest BCUT2D eigenvalue weighted by Gasteiger charge is -2.05. The van der Waals surface area contributed by atoms with Crippen LogP contribution in [0.5, 0.6) is 0 Å². The quantitative estimate of drug-likeness (QED) is 0.810. The van der Waals surface area contributed by atoms with Gasteiger partial charge in [0.05, 0.1) is 0 Å². The summed E-state index contributed by atoms with van der Waals surface area (Å²) in [6, 6.07) is 7.41. The SMILES string of the molecule is Cc1cc(Sc2nccc(=O)[nH]2)ccc1CN. The molecule has 0 aliphatic heterocycles. The van der Waals surface area contributed by atoms with Crippen LogP contribution in [0.4, 0.5) is 0 Å². The first-order chi connectivity index (χ1) is 8.19. The van der Waals surface area contributed by atoms with Gasteiger partial charge in [-0.25, -0.2) is 4.98 Å². The maximum Gasteiger partial charge on any atom is 0.251 e. The summed E-state index contributed by atoms with van der Waals surface area (Å²) >= 11 is 1.43. The van der Waals surface area contributed by atoms with Gasteiger partial charge in [0.15, 0.2) is 5.16 Å². The Labute approximate surface area is 103 Å². The molecule has 2 rings (SSSR count). The van der Waals surface area contributed by atoms with E-state index in [2.05, 4.69) is 9.97 Å². The van der Waals surface area contributed by atoms with E-state index < -0.39 is 0 Å². The van der Waals surface area contributed by atoms with Crippen LogP contribution in [0.25, 0.3) is 0 Å². The third kappa shape index (κ3) is 2.95. The zero-order valence-corrected chi connectivity index (χ0v) is 10.3. The van der Waals surface area contributed by atoms with Gasteiger partial charge < -0.3 is 10.7 Å². The molecule has 0 aliphatic carbocycles. The summed E-state index contributed by atoms with van der Waals surface area (Å²) in [6.07, 6.45) is 1.50. The number of hydrogen-bond acceptors (Lipinski definition) is 4. The normalized spacial score (nSPS) is 10.5. The van der Waals surface area contributed by atoms with E-state index in [1.165, 1.54) is 24.0 Å². The highest BCUT2D eigenvalue weighted by molar-refractivity contribution is 7.99. The number of hydrogen-bond donors (Lipinski definition) is 2. The topological polar surface area (TPSA) is 71.8 Å². The molecule has 0 amide bonds. The van der Waals surface area contributed by atoms with Crippen LogP contribution in [-0.4, -0.2) is 9.97 Å². The minimum atomic E-state index is -0.141. The van der Waals surface area contributed by atoms with Crippen LogP contribution < -0.4 is 11.3 Å². The Morgan fingerprint density at radius 3 is 2.88 bits per heavy atom. The van der Waals surface area contributed by atoms with Crippen LogP contribution in [0.1, 0.15) is 11.1 Å². The minimum absolute atomic E-state index is 0.141. The number of nitrogens with zero attached hydrogens (tertiary/aromatic N) is 1. The summed E-state index contributed by atoms with van der Waals surface area (Å²) in [5.41, 5.74) is 7.74. The Morgan fingerprint density at radius 1 is 1.41 bits per heavy atom. The van der Waals surface area contributed by atoms with Crippen LogP contribution in [-0.2, 0) is 6.54 Å². The van der Waals surface area contributed by atoms with Gasteiger partial charge in [-0.15, -0.1) is 0 Å². The predicted octanol–water partition coefficient (Wildman–Crippen LogP) is 1.69. The van der Waals surface area contributed by atoms with Crippen molar-refractivity contribution in [1.82, 2.24) is 9.97 Å². The lowest BCUT2D eigenvalue weighted by atomic mass is 10.1. The number of H-pyrrole nitrogens is 1. The van der Waals surface area contributed by atoms with Gasteiger partial charge in [-0.05, 0) is 30.2 Å². The molecule has 88 valence electrons. The number of nitrogens with one attached hydrogen (secondary N) is 1. The first kappa shape index (κ1) is 11.9. The molecule has 0 bridgehead atoms. The molecule has 0 atom stereocenters. The number of nitrogens with two attached hydrogens (primary N) is 1. The maximum atomic E-state index is 11.1. The highest BCUT2D eigenvalue weighted by atomic mass is 32.2. The minimum Gasteiger partial charge on any atom is -0.326 e. The summed E-state index contributed by atoms with van der Waals surface area (Å²) in [4.78, 5) is 18.9. The van der Waals surface area contributed by atoms with Crippen molar-refractivity contribution in [3.05, 3.63) is 51.9 Å². The van der Waals surface area contributed by atoms with Gasteiger partial charge in [-0.3, -0.25) is 4.79 Å². The second-order valence-corrected chi connectivity index (χ2v) is 4.70. The number of aryl methyl sites for hydroxylation is 1. The Morgan fingerprint density at radius 2 is 2.24 bits per heavy atom. The molecule has 17 heavy (non-hydrogen) atoms. The second kappa shape index (κ2) is 5.16. The highest BCUT2D eigenvalue weighted by Crippen LogP contribution is 2.25. The highest BCUT2D eigenvalue weighted by Gasteiger charge is 2.02. The van der Waals surface area contributed by atoms with Crippen LogP contribution in [0.3, 0.4) is 0 Å². The molecule has 5 heteroatoms. The second-order valence-electron chi connectivity index (χ2n) is 3.63. The Kier molecular flexibility index (Phi) is 3.61. The summed E-state index contributed by atoms with van der Waals surface area (Å²) in [5.74, 6) is 0. The zero-order valence-electron chi connectivity index (χ0n) is 9.43. The molecule has 0 fully saturated rings. The van der Waals surface area contributed by atoms with Crippen LogP contribution in [0.2, 0.25) is 0 Å². The Hall–Kier alpha value is -1.59. The van der Waals surface area contributed by atoms with Gasteiger partial charge in [0, 0.05) is 23.7 Å². The number of rotatable bonds is 3. The Balaban J connectivity index is 2.25. The van der Waals surface area contributed by atoms with Gasteiger partial charge in [-0.2, -0.15) is 0 Å². The summed E-state index contributed by atoms with van der Waals surface area (Å²) in [7, 11) is 0. The predicted molar refractivity (Wildman–Crippen MR) is 68.1 cm³/mol. The third-order valence-electron chi connectivity index (χ3n) is 2.40. The lowest BCUT2D eigenvalue weighted by Crippen LogP contribution is -2.05. The standard InChI is InChI=1S/C12H13N3OS/c1-8-6-10(3-2-9(8)7-13)17-12-14-5-4-11(16)15-12/h2-6H,7,13H2,1H3,(H,14,15,16). The number of aromatic amines is 1. The molecule has 0 saturated carbocycles. The third-order valence-corrected chi connectivity index (χ3v) is 3.29. The summed E-state index contributed by atoms with van der Waals surface area (Å²) in [5, 5.41) is 0.595. The fourth-order valence-corrected chi connectivity index (χ4v) is 2.34. The first-order valence-electron chi connectivity index (χ1n) is 5.22. The van der Waals surface area contributed by atoms with E-state index >= 15 is 0 Å². The largest absolute Gasteiger partial charge is 0.326 e. The molecule has 4 nitrogen and oxygen atoms in total. The molecule has 0 saturated heterocycles. The average molecular weight is 247 g/mol. The first-order valence-corrected chi connectivity index (χ1v) is 6.03. The van der Waals surface area contributed by atoms with E-state index in [1.54, 1.807) is 0 Å². The van der Waals surface area contributed by atoms with Crippen molar-refractivity contribution < 1.29 is 0 Å². The van der Waals surface area contributed by atoms with Crippen molar-refractivity contribution in [1.29, 1.82) is 0 Å². The van der Waals surface area contributed by atoms with Gasteiger partial charge in [0.25, 0.3) is 5.56 Å². The molecule has 0 aliphatic rings. The van der Waals surface area contributed by atoms with Crippen molar-refractivity contribution in [2.45, 2.75) is 23.5 Å². The molecule has 1 aromatic heterocycles. The smallest absolute Gasteiger partial charge is 0.251 e. The van der Waals surface area contributed by atoms with E-state index in [1.807, 2.05) is 25.1 Å². The van der Waals surface area contributed by atoms with Crippen LogP contribution in [0.15, 0.2) is 45.3 Å². The van der Waals surface area contributed by atoms with Crippen LogP contribution in [0, 0.1) is 6.92 Å². The molecule has 1 heterocycles. The van der Waals surface area contributed by atoms with Crippen molar-refractivity contribution >= 4 is 11.8 Å². The van der Waals surface area contributed by atoms with Crippen molar-refractivity contribution in [3.8, 4) is 0 Å². The molecule has 3 N–H and O–H groups in total. The fourth-order valence-electron chi connectivity index (χ4n) is 1.48. The molecule has 2 aromatic rings. The van der Waals surface area contributed by atoms with Crippen molar-refractivity contribution in [2.75, 3.05) is 0 Å². The van der Waals surface area contributed by atoms with E-state index in [0.717, 1.165) is 16.0 Å². The van der Waals surface area contributed by atoms with Crippen molar-refractivity contribution in [3.63, 3.8) is 0 Å². The maximum absolute atomic E-state index is 11.1. The molecule has 0 unspecified atom stereocenters. The zero-order chi connectivity index (χ0) is 12.3. The molecule has 0 spiro atoms. The van der Waals surface area contributed by atoms with E-state index in [-0.39, 0.29) is 5.56 Å². The van der Waals surface area contributed by atoms with Gasteiger partial charge in [0.2, 0.25) is 0 Å². The van der Waals surface area contributed by atoms with Crippen molar-refractivity contribution in [2.24, 2.45) is 5.73 Å². The van der Waals surface area contributed by atoms with Gasteiger partial charge >= 0.3 is 0 Å². The fraction of sp³-hybridized carbons (Fsp3) is 0.167. The summed E-state index contributed by atoms with van der Waals surface area (Å²) in [6.45, 7) is 2.56. The van der Waals surface area contributed by atoms with Crippen LogP contribution >= 0.6 is 11.8 Å². The van der Waals surface area contributed by atoms with E-state index in [4.69, 9.17) is 5.73 Å². The van der Waals surface area contributed by atoms with Gasteiger partial charge in [-0.1, -0.05) is 17.8 Å². The monoisotopic (exact) mass is 247 g/mol. The Bertz CT molecular complexity index is 580. The van der Waals surface area contributed by atoms with Gasteiger partial charge in [0.1, 0.15) is 0 Å². The molecule has 1 aromatic carbocycles. The van der Waals surface area contributed by atoms with E-state index in [9.17, 15) is 4.79 Å². The number of benzene rings is 1. The molecule has 0 radical (unpaired) electrons. The molecular weight excluding hydrogens is 234 g/mol. The number of aromatic nitrogens is 2. The van der Waals surface area contributed by atoms with E-state index in [0.29, 0.717) is 11.7 Å². The summed E-state index contributed by atoms with van der Waals surface area (Å²) < 4.78 is 0. The average Bonchev–Trinajstić information content (AvgIpc) is 2.29. The lowest BCUT2D eigenvalue weighted by molar-refractivity contribution is 0.936.